The van der Waals surface area contributed by atoms with Crippen LogP contribution in [0.1, 0.15) is 0 Å². The average molecular weight is 200 g/mol. The number of hydrogen-bond acceptors (Lipinski definition) is 2. The Morgan fingerprint density at radius 2 is 1.27 bits per heavy atom. The van der Waals surface area contributed by atoms with Crippen LogP contribution in [0.4, 0.5) is 22.7 Å². The highest BCUT2D eigenvalue weighted by molar-refractivity contribution is 5.62. The van der Waals surface area contributed by atoms with E-state index in [9.17, 15) is 0 Å². The van der Waals surface area contributed by atoms with Crippen molar-refractivity contribution in [2.75, 3.05) is 11.1 Å². The molecule has 0 radical (unpaired) electrons. The van der Waals surface area contributed by atoms with Gasteiger partial charge in [0.2, 0.25) is 0 Å². The molecule has 0 fully saturated rings. The van der Waals surface area contributed by atoms with Crippen LogP contribution in [0.3, 0.4) is 0 Å². The first-order valence-corrected chi connectivity index (χ1v) is 4.78. The van der Waals surface area contributed by atoms with Gasteiger partial charge in [-0.2, -0.15) is 0 Å². The summed E-state index contributed by atoms with van der Waals surface area (Å²) in [7, 11) is 0. The van der Waals surface area contributed by atoms with Crippen molar-refractivity contribution in [3.63, 3.8) is 0 Å². The largest absolute Gasteiger partial charge is 0.399 e. The monoisotopic (exact) mass is 200 g/mol. The predicted molar refractivity (Wildman–Crippen MR) is 63.1 cm³/mol. The third-order valence-electron chi connectivity index (χ3n) is 2.15. The van der Waals surface area contributed by atoms with Gasteiger partial charge in [-0.05, 0) is 36.4 Å². The zero-order valence-corrected chi connectivity index (χ0v) is 8.40. The summed E-state index contributed by atoms with van der Waals surface area (Å²) in [4.78, 5) is 0. The van der Waals surface area contributed by atoms with E-state index in [-0.39, 0.29) is 0 Å². The van der Waals surface area contributed by atoms with Crippen molar-refractivity contribution in [1.82, 2.24) is 0 Å². The maximum Gasteiger partial charge on any atom is 0.128 e. The molecule has 6 N–H and O–H groups in total. The first kappa shape index (κ1) is 9.55. The number of rotatable bonds is 2. The molecule has 0 aromatic heterocycles. The Kier molecular flexibility index (Phi) is 2.56. The van der Waals surface area contributed by atoms with Gasteiger partial charge in [-0.3, -0.25) is 0 Å². The number of anilines is 3. The Bertz CT molecular complexity index is 388. The van der Waals surface area contributed by atoms with E-state index in [4.69, 9.17) is 5.73 Å². The van der Waals surface area contributed by atoms with E-state index in [2.05, 4.69) is 11.1 Å². The Morgan fingerprint density at radius 1 is 0.800 bits per heavy atom. The summed E-state index contributed by atoms with van der Waals surface area (Å²) in [6.45, 7) is 0. The third-order valence-corrected chi connectivity index (χ3v) is 2.15. The Morgan fingerprint density at radius 3 is 1.80 bits per heavy atom. The van der Waals surface area contributed by atoms with Crippen molar-refractivity contribution in [1.29, 1.82) is 0 Å². The number of hydrogen-bond donors (Lipinski definition) is 3. The summed E-state index contributed by atoms with van der Waals surface area (Å²) in [6.07, 6.45) is 0. The van der Waals surface area contributed by atoms with Gasteiger partial charge in [-0.1, -0.05) is 0 Å². The maximum absolute atomic E-state index is 5.60. The molecule has 0 amide bonds. The highest BCUT2D eigenvalue weighted by atomic mass is 14.9. The Balaban J connectivity index is 2.15. The SMILES string of the molecule is Nc1ccc(Nc2ccc([NH3+])cc2)cc1. The van der Waals surface area contributed by atoms with E-state index in [0.717, 1.165) is 22.7 Å². The van der Waals surface area contributed by atoms with E-state index in [0.29, 0.717) is 0 Å². The molecule has 0 saturated carbocycles. The maximum atomic E-state index is 5.60. The molecule has 2 aromatic carbocycles. The van der Waals surface area contributed by atoms with Gasteiger partial charge in [0.1, 0.15) is 5.69 Å². The molecule has 2 rings (SSSR count). The molecule has 0 saturated heterocycles. The fourth-order valence-electron chi connectivity index (χ4n) is 1.32. The molecule has 15 heavy (non-hydrogen) atoms. The fourth-order valence-corrected chi connectivity index (χ4v) is 1.32. The number of benzene rings is 2. The molecule has 0 unspecified atom stereocenters. The normalized spacial score (nSPS) is 9.93. The fraction of sp³-hybridized carbons (Fsp3) is 0. The Hall–Kier alpha value is -2.00. The van der Waals surface area contributed by atoms with Crippen LogP contribution in [0.15, 0.2) is 48.5 Å². The topological polar surface area (TPSA) is 65.7 Å². The zero-order valence-electron chi connectivity index (χ0n) is 8.40. The number of nitrogens with one attached hydrogen (secondary N) is 1. The van der Waals surface area contributed by atoms with Gasteiger partial charge >= 0.3 is 0 Å². The van der Waals surface area contributed by atoms with Crippen molar-refractivity contribution in [2.24, 2.45) is 0 Å². The standard InChI is InChI=1S/C12H13N3/c13-9-1-5-11(6-2-9)15-12-7-3-10(14)4-8-12/h1-8,15H,13-14H2/p+1. The summed E-state index contributed by atoms with van der Waals surface area (Å²) < 4.78 is 0. The lowest BCUT2D eigenvalue weighted by Gasteiger charge is -2.05. The molecular formula is C12H14N3+. The van der Waals surface area contributed by atoms with Gasteiger partial charge in [0.15, 0.2) is 0 Å². The van der Waals surface area contributed by atoms with Gasteiger partial charge in [0, 0.05) is 29.2 Å². The Labute approximate surface area is 88.7 Å². The molecule has 0 heterocycles. The molecule has 3 nitrogen and oxygen atoms in total. The third kappa shape index (κ3) is 2.48. The first-order valence-electron chi connectivity index (χ1n) is 4.78. The quantitative estimate of drug-likeness (QED) is 0.648. The summed E-state index contributed by atoms with van der Waals surface area (Å²) in [5, 5.41) is 3.28. The number of nitrogen functional groups attached to an aromatic ring is 1. The number of nitrogens with two attached hydrogens (primary N) is 1. The summed E-state index contributed by atoms with van der Waals surface area (Å²) in [6, 6.07) is 15.6. The van der Waals surface area contributed by atoms with Crippen LogP contribution in [0.25, 0.3) is 0 Å². The van der Waals surface area contributed by atoms with Crippen LogP contribution in [-0.2, 0) is 0 Å². The van der Waals surface area contributed by atoms with Crippen LogP contribution in [0, 0.1) is 0 Å². The minimum atomic E-state index is 0.772. The molecule has 0 spiro atoms. The first-order chi connectivity index (χ1) is 7.24. The second-order valence-electron chi connectivity index (χ2n) is 3.44. The van der Waals surface area contributed by atoms with Gasteiger partial charge in [0.25, 0.3) is 0 Å². The van der Waals surface area contributed by atoms with Gasteiger partial charge in [-0.25, -0.2) is 0 Å². The van der Waals surface area contributed by atoms with Crippen LogP contribution in [0.2, 0.25) is 0 Å². The predicted octanol–water partition coefficient (Wildman–Crippen LogP) is 1.89. The highest BCUT2D eigenvalue weighted by Gasteiger charge is 1.94. The minimum Gasteiger partial charge on any atom is -0.399 e. The van der Waals surface area contributed by atoms with Crippen molar-refractivity contribution in [3.8, 4) is 0 Å². The number of quaternary nitrogens is 1. The molecule has 2 aromatic rings. The van der Waals surface area contributed by atoms with E-state index in [1.54, 1.807) is 0 Å². The molecule has 0 atom stereocenters. The van der Waals surface area contributed by atoms with E-state index < -0.39 is 0 Å². The lowest BCUT2D eigenvalue weighted by atomic mass is 10.2. The second kappa shape index (κ2) is 4.02. The van der Waals surface area contributed by atoms with E-state index in [1.807, 2.05) is 48.5 Å². The average Bonchev–Trinajstić information content (AvgIpc) is 2.25. The van der Waals surface area contributed by atoms with E-state index >= 15 is 0 Å². The summed E-state index contributed by atoms with van der Waals surface area (Å²) >= 11 is 0. The molecule has 0 aliphatic rings. The molecule has 0 bridgehead atoms. The van der Waals surface area contributed by atoms with Gasteiger partial charge < -0.3 is 16.8 Å². The highest BCUT2D eigenvalue weighted by Crippen LogP contribution is 2.18. The second-order valence-corrected chi connectivity index (χ2v) is 3.44. The van der Waals surface area contributed by atoms with Crippen LogP contribution in [-0.4, -0.2) is 0 Å². The molecular weight excluding hydrogens is 186 g/mol. The van der Waals surface area contributed by atoms with Crippen molar-refractivity contribution >= 4 is 22.7 Å². The molecule has 3 heteroatoms. The lowest BCUT2D eigenvalue weighted by molar-refractivity contribution is -0.254. The van der Waals surface area contributed by atoms with Crippen LogP contribution < -0.4 is 16.8 Å². The summed E-state index contributed by atoms with van der Waals surface area (Å²) in [5.74, 6) is 0. The smallest absolute Gasteiger partial charge is 0.128 e. The molecule has 0 aliphatic carbocycles. The molecule has 0 aliphatic heterocycles. The summed E-state index contributed by atoms with van der Waals surface area (Å²) in [5.41, 5.74) is 13.3. The zero-order chi connectivity index (χ0) is 10.7. The van der Waals surface area contributed by atoms with Gasteiger partial charge in [-0.15, -0.1) is 0 Å². The van der Waals surface area contributed by atoms with Gasteiger partial charge in [0.05, 0.1) is 0 Å². The van der Waals surface area contributed by atoms with Crippen molar-refractivity contribution in [3.05, 3.63) is 48.5 Å². The molecule has 76 valence electrons. The van der Waals surface area contributed by atoms with E-state index in [1.165, 1.54) is 0 Å². The van der Waals surface area contributed by atoms with Crippen molar-refractivity contribution < 1.29 is 5.73 Å². The minimum absolute atomic E-state index is 0.772. The lowest BCUT2D eigenvalue weighted by Crippen LogP contribution is -2.39. The van der Waals surface area contributed by atoms with Crippen molar-refractivity contribution in [2.45, 2.75) is 0 Å². The van der Waals surface area contributed by atoms with Crippen LogP contribution in [0.5, 0.6) is 0 Å². The van der Waals surface area contributed by atoms with Crippen LogP contribution >= 0.6 is 0 Å².